The van der Waals surface area contributed by atoms with Gasteiger partial charge in [-0.2, -0.15) is 0 Å². The van der Waals surface area contributed by atoms with Crippen LogP contribution in [-0.2, 0) is 14.2 Å². The van der Waals surface area contributed by atoms with Crippen LogP contribution in [0.2, 0.25) is 5.02 Å². The van der Waals surface area contributed by atoms with Gasteiger partial charge in [-0.05, 0) is 18.2 Å². The van der Waals surface area contributed by atoms with Crippen LogP contribution in [0.15, 0.2) is 24.4 Å². The first-order chi connectivity index (χ1) is 15.7. The fourth-order valence-electron chi connectivity index (χ4n) is 3.95. The van der Waals surface area contributed by atoms with Crippen LogP contribution in [-0.4, -0.2) is 115 Å². The molecule has 1 aromatic carbocycles. The number of ether oxygens (including phenoxy) is 4. The fraction of sp³-hybridized carbons (Fsp3) is 0.600. The number of hydrogen-bond donors (Lipinski definition) is 8. The Morgan fingerprint density at radius 2 is 1.52 bits per heavy atom. The topological polar surface area (TPSA) is 194 Å². The standard InChI is InChI=1S/C20H26ClNO11/c21-7-1-2-8-9(3-7)22-4-10(8)30-19-17(29)15(27)18(12(6-24)32-19)33-20-16(28)14(26)13(25)11(5-23)31-20/h1-4,11-20,22-29H,5-6H2/t11-,12+,13+,14+,15-,16+,17+,18+,19+,20-/m0/s1. The Morgan fingerprint density at radius 3 is 2.21 bits per heavy atom. The number of rotatable bonds is 6. The average Bonchev–Trinajstić information content (AvgIpc) is 3.20. The Balaban J connectivity index is 1.49. The van der Waals surface area contributed by atoms with E-state index in [2.05, 4.69) is 4.98 Å². The molecule has 2 saturated heterocycles. The van der Waals surface area contributed by atoms with Crippen LogP contribution in [0.4, 0.5) is 0 Å². The molecule has 4 rings (SSSR count). The zero-order valence-corrected chi connectivity index (χ0v) is 17.9. The lowest BCUT2D eigenvalue weighted by atomic mass is 9.97. The van der Waals surface area contributed by atoms with E-state index in [1.807, 2.05) is 0 Å². The van der Waals surface area contributed by atoms with Gasteiger partial charge in [0.05, 0.1) is 18.7 Å². The van der Waals surface area contributed by atoms with Crippen molar-refractivity contribution in [1.29, 1.82) is 0 Å². The number of aromatic amines is 1. The zero-order valence-electron chi connectivity index (χ0n) is 17.1. The second-order valence-electron chi connectivity index (χ2n) is 7.97. The molecule has 0 aliphatic carbocycles. The van der Waals surface area contributed by atoms with E-state index in [4.69, 9.17) is 30.5 Å². The molecule has 2 fully saturated rings. The minimum atomic E-state index is -1.74. The highest BCUT2D eigenvalue weighted by Gasteiger charge is 2.51. The molecular weight excluding hydrogens is 466 g/mol. The summed E-state index contributed by atoms with van der Waals surface area (Å²) in [7, 11) is 0. The molecule has 0 unspecified atom stereocenters. The largest absolute Gasteiger partial charge is 0.460 e. The number of nitrogens with one attached hydrogen (secondary N) is 1. The fourth-order valence-corrected chi connectivity index (χ4v) is 4.12. The first-order valence-corrected chi connectivity index (χ1v) is 10.6. The van der Waals surface area contributed by atoms with Crippen LogP contribution in [0.5, 0.6) is 5.75 Å². The molecular formula is C20H26ClNO11. The summed E-state index contributed by atoms with van der Waals surface area (Å²) in [4.78, 5) is 2.96. The zero-order chi connectivity index (χ0) is 23.9. The summed E-state index contributed by atoms with van der Waals surface area (Å²) in [6.45, 7) is -1.33. The summed E-state index contributed by atoms with van der Waals surface area (Å²) in [5.41, 5.74) is 0.672. The van der Waals surface area contributed by atoms with Crippen LogP contribution in [0.25, 0.3) is 10.9 Å². The number of halogens is 1. The molecule has 12 nitrogen and oxygen atoms in total. The summed E-state index contributed by atoms with van der Waals surface area (Å²) in [5, 5.41) is 71.5. The van der Waals surface area contributed by atoms with Gasteiger partial charge in [0.25, 0.3) is 0 Å². The third-order valence-corrected chi connectivity index (χ3v) is 6.04. The maximum atomic E-state index is 10.7. The van der Waals surface area contributed by atoms with E-state index in [-0.39, 0.29) is 0 Å². The van der Waals surface area contributed by atoms with Crippen molar-refractivity contribution in [1.82, 2.24) is 4.98 Å². The van der Waals surface area contributed by atoms with Crippen LogP contribution in [0.1, 0.15) is 0 Å². The predicted molar refractivity (Wildman–Crippen MR) is 110 cm³/mol. The van der Waals surface area contributed by atoms with Crippen molar-refractivity contribution < 1.29 is 54.7 Å². The highest BCUT2D eigenvalue weighted by atomic mass is 35.5. The van der Waals surface area contributed by atoms with Crippen LogP contribution >= 0.6 is 11.6 Å². The molecule has 0 saturated carbocycles. The van der Waals surface area contributed by atoms with E-state index in [0.29, 0.717) is 21.7 Å². The van der Waals surface area contributed by atoms with E-state index in [1.54, 1.807) is 18.2 Å². The maximum absolute atomic E-state index is 10.7. The van der Waals surface area contributed by atoms with Gasteiger partial charge in [0.15, 0.2) is 6.29 Å². The lowest BCUT2D eigenvalue weighted by molar-refractivity contribution is -0.352. The van der Waals surface area contributed by atoms with Crippen molar-refractivity contribution in [3.8, 4) is 5.75 Å². The summed E-state index contributed by atoms with van der Waals surface area (Å²) in [5.74, 6) is 0.308. The molecule has 2 aromatic rings. The Bertz CT molecular complexity index is 940. The molecule has 0 spiro atoms. The molecule has 1 aromatic heterocycles. The van der Waals surface area contributed by atoms with E-state index >= 15 is 0 Å². The van der Waals surface area contributed by atoms with Crippen molar-refractivity contribution in [3.05, 3.63) is 29.4 Å². The summed E-state index contributed by atoms with van der Waals surface area (Å²) in [6.07, 6.45) is -13.7. The number of H-pyrrole nitrogens is 1. The van der Waals surface area contributed by atoms with E-state index in [0.717, 1.165) is 0 Å². The lowest BCUT2D eigenvalue weighted by Crippen LogP contribution is -2.65. The molecule has 2 aliphatic rings. The van der Waals surface area contributed by atoms with E-state index < -0.39 is 74.6 Å². The second kappa shape index (κ2) is 9.98. The van der Waals surface area contributed by atoms with Crippen molar-refractivity contribution in [2.45, 2.75) is 61.4 Å². The number of aliphatic hydroxyl groups is 7. The van der Waals surface area contributed by atoms with Crippen molar-refractivity contribution in [2.75, 3.05) is 13.2 Å². The van der Waals surface area contributed by atoms with Gasteiger partial charge in [-0.3, -0.25) is 0 Å². The molecule has 13 heteroatoms. The molecule has 0 bridgehead atoms. The van der Waals surface area contributed by atoms with E-state index in [9.17, 15) is 35.7 Å². The molecule has 0 amide bonds. The molecule has 0 radical (unpaired) electrons. The minimum absolute atomic E-state index is 0.308. The van der Waals surface area contributed by atoms with Crippen molar-refractivity contribution in [2.24, 2.45) is 0 Å². The first kappa shape index (κ1) is 24.6. The van der Waals surface area contributed by atoms with Gasteiger partial charge >= 0.3 is 0 Å². The van der Waals surface area contributed by atoms with Gasteiger partial charge in [-0.25, -0.2) is 0 Å². The Morgan fingerprint density at radius 1 is 0.848 bits per heavy atom. The SMILES string of the molecule is OC[C@@H]1O[C@@H](O[C@H]2[C@@H](O)[C@@H](O)[C@H](Oc3c[nH]c4cc(Cl)ccc34)O[C@@H]2CO)[C@H](O)[C@H](O)[C@@H]1O. The molecule has 33 heavy (non-hydrogen) atoms. The third-order valence-electron chi connectivity index (χ3n) is 5.81. The molecule has 184 valence electrons. The van der Waals surface area contributed by atoms with Gasteiger partial charge in [-0.1, -0.05) is 11.6 Å². The quantitative estimate of drug-likeness (QED) is 0.219. The van der Waals surface area contributed by atoms with Gasteiger partial charge in [-0.15, -0.1) is 0 Å². The average molecular weight is 492 g/mol. The first-order valence-electron chi connectivity index (χ1n) is 10.3. The molecule has 8 N–H and O–H groups in total. The van der Waals surface area contributed by atoms with Gasteiger partial charge < -0.3 is 59.7 Å². The number of benzene rings is 1. The number of aliphatic hydroxyl groups excluding tert-OH is 7. The monoisotopic (exact) mass is 491 g/mol. The predicted octanol–water partition coefficient (Wildman–Crippen LogP) is -2.18. The molecule has 2 aliphatic heterocycles. The number of fused-ring (bicyclic) bond motifs is 1. The van der Waals surface area contributed by atoms with E-state index in [1.165, 1.54) is 6.20 Å². The summed E-state index contributed by atoms with van der Waals surface area (Å²) in [6, 6.07) is 5.03. The Kier molecular flexibility index (Phi) is 7.43. The molecule has 10 atom stereocenters. The van der Waals surface area contributed by atoms with Gasteiger partial charge in [0, 0.05) is 16.6 Å². The van der Waals surface area contributed by atoms with Gasteiger partial charge in [0.1, 0.15) is 54.6 Å². The highest BCUT2D eigenvalue weighted by molar-refractivity contribution is 6.31. The summed E-state index contributed by atoms with van der Waals surface area (Å²) >= 11 is 5.97. The number of hydrogen-bond acceptors (Lipinski definition) is 11. The Hall–Kier alpha value is -1.55. The van der Waals surface area contributed by atoms with Crippen molar-refractivity contribution >= 4 is 22.5 Å². The smallest absolute Gasteiger partial charge is 0.229 e. The Labute approximate surface area is 192 Å². The van der Waals surface area contributed by atoms with Crippen molar-refractivity contribution in [3.63, 3.8) is 0 Å². The highest BCUT2D eigenvalue weighted by Crippen LogP contribution is 2.33. The normalized spacial score (nSPS) is 39.6. The van der Waals surface area contributed by atoms with Crippen LogP contribution < -0.4 is 4.74 Å². The van der Waals surface area contributed by atoms with Gasteiger partial charge in [0.2, 0.25) is 6.29 Å². The maximum Gasteiger partial charge on any atom is 0.229 e. The van der Waals surface area contributed by atoms with Crippen LogP contribution in [0.3, 0.4) is 0 Å². The minimum Gasteiger partial charge on any atom is -0.460 e. The summed E-state index contributed by atoms with van der Waals surface area (Å²) < 4.78 is 22.1. The van der Waals surface area contributed by atoms with Crippen LogP contribution in [0, 0.1) is 0 Å². The molecule has 3 heterocycles. The lowest BCUT2D eigenvalue weighted by Gasteiger charge is -2.45. The number of aromatic nitrogens is 1. The second-order valence-corrected chi connectivity index (χ2v) is 8.40. The third kappa shape index (κ3) is 4.70.